The average molecular weight is 77.2 g/mol. The van der Waals surface area contributed by atoms with Crippen LogP contribution in [-0.2, 0) is 0 Å². The number of thiol groups is 1. The largest absolute Gasteiger partial charge is 0.267 e. The van der Waals surface area contributed by atoms with Crippen LogP contribution in [0.4, 0.5) is 0 Å². The molecular formula is C2H7NS. The molecule has 0 aromatic rings. The maximum absolute atomic E-state index is 3.67. The molecule has 0 aliphatic carbocycles. The minimum absolute atomic E-state index is 0.934. The molecule has 0 aromatic carbocycles. The number of rotatable bonds is 1. The third kappa shape index (κ3) is 2.31. The molecule has 0 unspecified atom stereocenters. The third-order valence-electron chi connectivity index (χ3n) is 0.158. The number of hydrogen-bond donors (Lipinski definition) is 2. The van der Waals surface area contributed by atoms with Crippen LogP contribution >= 0.6 is 12.8 Å². The summed E-state index contributed by atoms with van der Waals surface area (Å²) in [5, 5.41) is 0. The smallest absolute Gasteiger partial charge is 0.00277 e. The van der Waals surface area contributed by atoms with Gasteiger partial charge in [0.1, 0.15) is 0 Å². The van der Waals surface area contributed by atoms with Crippen molar-refractivity contribution in [2.24, 2.45) is 0 Å². The molecule has 0 radical (unpaired) electrons. The molecule has 4 heavy (non-hydrogen) atoms. The second-order valence-corrected chi connectivity index (χ2v) is 0.828. The normalized spacial score (nSPS) is 7.50. The van der Waals surface area contributed by atoms with Crippen molar-refractivity contribution in [3.8, 4) is 0 Å². The highest BCUT2D eigenvalue weighted by Crippen LogP contribution is 1.50. The summed E-state index contributed by atoms with van der Waals surface area (Å²) in [5.41, 5.74) is 0. The summed E-state index contributed by atoms with van der Waals surface area (Å²) >= 11 is 3.67. The Morgan fingerprint density at radius 2 is 2.25 bits per heavy atom. The molecule has 0 aliphatic heterocycles. The highest BCUT2D eigenvalue weighted by Gasteiger charge is 1.51. The van der Waals surface area contributed by atoms with Crippen LogP contribution in [0, 0.1) is 0 Å². The van der Waals surface area contributed by atoms with Gasteiger partial charge >= 0.3 is 0 Å². The van der Waals surface area contributed by atoms with Gasteiger partial charge in [0.2, 0.25) is 0 Å². The fraction of sp³-hybridized carbons (Fsp3) is 1.00. The van der Waals surface area contributed by atoms with E-state index in [2.05, 4.69) is 17.5 Å². The molecule has 0 amide bonds. The van der Waals surface area contributed by atoms with Crippen molar-refractivity contribution in [1.29, 1.82) is 0 Å². The molecule has 0 rings (SSSR count). The molecule has 0 heterocycles. The first-order valence-corrected chi connectivity index (χ1v) is 1.73. The maximum atomic E-state index is 3.67. The zero-order valence-corrected chi connectivity index (χ0v) is 3.55. The van der Waals surface area contributed by atoms with E-state index in [4.69, 9.17) is 0 Å². The van der Waals surface area contributed by atoms with E-state index >= 15 is 0 Å². The second-order valence-electron chi connectivity index (χ2n) is 0.512. The van der Waals surface area contributed by atoms with Crippen LogP contribution < -0.4 is 4.72 Å². The predicted molar refractivity (Wildman–Crippen MR) is 22.7 cm³/mol. The zero-order valence-electron chi connectivity index (χ0n) is 2.65. The van der Waals surface area contributed by atoms with Gasteiger partial charge in [0.25, 0.3) is 0 Å². The van der Waals surface area contributed by atoms with Gasteiger partial charge in [-0.1, -0.05) is 19.7 Å². The van der Waals surface area contributed by atoms with Gasteiger partial charge in [0.05, 0.1) is 0 Å². The van der Waals surface area contributed by atoms with Crippen LogP contribution in [0.1, 0.15) is 6.92 Å². The summed E-state index contributed by atoms with van der Waals surface area (Å²) in [7, 11) is 0. The topological polar surface area (TPSA) is 12.0 Å². The molecule has 0 aliphatic rings. The van der Waals surface area contributed by atoms with E-state index in [0.717, 1.165) is 6.54 Å². The standard InChI is InChI=1S/C2H7NS/c1-2-3-4/h3-4H,2H2,1H3. The van der Waals surface area contributed by atoms with E-state index in [-0.39, 0.29) is 0 Å². The maximum Gasteiger partial charge on any atom is 0.00277 e. The van der Waals surface area contributed by atoms with Crippen LogP contribution in [-0.4, -0.2) is 6.54 Å². The quantitative estimate of drug-likeness (QED) is 0.433. The summed E-state index contributed by atoms with van der Waals surface area (Å²) in [6, 6.07) is 0. The summed E-state index contributed by atoms with van der Waals surface area (Å²) in [5.74, 6) is 0. The van der Waals surface area contributed by atoms with E-state index in [1.807, 2.05) is 6.92 Å². The highest BCUT2D eigenvalue weighted by molar-refractivity contribution is 7.78. The highest BCUT2D eigenvalue weighted by atomic mass is 32.1. The SMILES string of the molecule is CCNS. The van der Waals surface area contributed by atoms with Crippen molar-refractivity contribution in [3.63, 3.8) is 0 Å². The lowest BCUT2D eigenvalue weighted by Gasteiger charge is -1.74. The lowest BCUT2D eigenvalue weighted by atomic mass is 10.8. The van der Waals surface area contributed by atoms with E-state index in [0.29, 0.717) is 0 Å². The third-order valence-corrected chi connectivity index (χ3v) is 0.474. The molecule has 0 aromatic heterocycles. The van der Waals surface area contributed by atoms with Crippen molar-refractivity contribution in [3.05, 3.63) is 0 Å². The first kappa shape index (κ1) is 4.31. The summed E-state index contributed by atoms with van der Waals surface area (Å²) in [6.07, 6.45) is 0. The Bertz CT molecular complexity index is 8.00. The molecule has 2 heteroatoms. The van der Waals surface area contributed by atoms with Crippen LogP contribution in [0.25, 0.3) is 0 Å². The Kier molecular flexibility index (Phi) is 3.57. The van der Waals surface area contributed by atoms with Gasteiger partial charge in [0, 0.05) is 6.54 Å². The fourth-order valence-electron chi connectivity index (χ4n) is 0. The van der Waals surface area contributed by atoms with Gasteiger partial charge in [-0.2, -0.15) is 0 Å². The van der Waals surface area contributed by atoms with Crippen molar-refractivity contribution in [2.45, 2.75) is 6.92 Å². The van der Waals surface area contributed by atoms with E-state index in [1.54, 1.807) is 0 Å². The molecule has 0 atom stereocenters. The van der Waals surface area contributed by atoms with Gasteiger partial charge in [-0.15, -0.1) is 0 Å². The molecule has 0 fully saturated rings. The van der Waals surface area contributed by atoms with Gasteiger partial charge in [0.15, 0.2) is 0 Å². The van der Waals surface area contributed by atoms with Crippen LogP contribution in [0.2, 0.25) is 0 Å². The molecule has 0 bridgehead atoms. The van der Waals surface area contributed by atoms with E-state index < -0.39 is 0 Å². The Morgan fingerprint density at radius 1 is 2.00 bits per heavy atom. The molecule has 0 saturated heterocycles. The predicted octanol–water partition coefficient (Wildman–Crippen LogP) is 0.441. The molecular weight excluding hydrogens is 70.1 g/mol. The summed E-state index contributed by atoms with van der Waals surface area (Å²) in [4.78, 5) is 0. The fourth-order valence-corrected chi connectivity index (χ4v) is 0. The van der Waals surface area contributed by atoms with E-state index in [9.17, 15) is 0 Å². The van der Waals surface area contributed by atoms with Gasteiger partial charge in [-0.25, -0.2) is 0 Å². The van der Waals surface area contributed by atoms with Crippen molar-refractivity contribution in [1.82, 2.24) is 4.72 Å². The molecule has 1 N–H and O–H groups in total. The first-order chi connectivity index (χ1) is 1.91. The van der Waals surface area contributed by atoms with E-state index in [1.165, 1.54) is 0 Å². The summed E-state index contributed by atoms with van der Waals surface area (Å²) in [6.45, 7) is 2.93. The Hall–Kier alpha value is 0.310. The Balaban J connectivity index is 1.97. The van der Waals surface area contributed by atoms with Crippen molar-refractivity contribution in [2.75, 3.05) is 6.54 Å². The van der Waals surface area contributed by atoms with Gasteiger partial charge in [-0.05, 0) is 0 Å². The minimum Gasteiger partial charge on any atom is -0.267 e. The zero-order chi connectivity index (χ0) is 3.41. The molecule has 0 spiro atoms. The average Bonchev–Trinajstić information content (AvgIpc) is 1.37. The van der Waals surface area contributed by atoms with Gasteiger partial charge in [-0.3, -0.25) is 4.72 Å². The van der Waals surface area contributed by atoms with Crippen molar-refractivity contribution >= 4 is 12.8 Å². The monoisotopic (exact) mass is 77.0 g/mol. The molecule has 26 valence electrons. The van der Waals surface area contributed by atoms with Gasteiger partial charge < -0.3 is 0 Å². The van der Waals surface area contributed by atoms with Crippen molar-refractivity contribution < 1.29 is 0 Å². The second kappa shape index (κ2) is 3.31. The Labute approximate surface area is 31.9 Å². The number of nitrogens with one attached hydrogen (secondary N) is 1. The summed E-state index contributed by atoms with van der Waals surface area (Å²) < 4.78 is 2.62. The Morgan fingerprint density at radius 3 is 2.25 bits per heavy atom. The van der Waals surface area contributed by atoms with Crippen LogP contribution in [0.15, 0.2) is 0 Å². The lowest BCUT2D eigenvalue weighted by molar-refractivity contribution is 1.04. The van der Waals surface area contributed by atoms with Crippen LogP contribution in [0.5, 0.6) is 0 Å². The minimum atomic E-state index is 0.934. The molecule has 1 nitrogen and oxygen atoms in total. The lowest BCUT2D eigenvalue weighted by Crippen LogP contribution is -1.91. The molecule has 0 saturated carbocycles. The van der Waals surface area contributed by atoms with Crippen LogP contribution in [0.3, 0.4) is 0 Å². The number of hydrogen-bond acceptors (Lipinski definition) is 2. The first-order valence-electron chi connectivity index (χ1n) is 1.28.